The van der Waals surface area contributed by atoms with Crippen LogP contribution in [-0.2, 0) is 10.0 Å². The van der Waals surface area contributed by atoms with Crippen LogP contribution in [0.5, 0.6) is 11.5 Å². The van der Waals surface area contributed by atoms with Crippen LogP contribution >= 0.6 is 0 Å². The number of nitrogens with one attached hydrogen (secondary N) is 1. The van der Waals surface area contributed by atoms with Gasteiger partial charge in [-0.15, -0.1) is 0 Å². The molecule has 3 rings (SSSR count). The number of ether oxygens (including phenoxy) is 2. The fourth-order valence-electron chi connectivity index (χ4n) is 2.74. The molecule has 2 N–H and O–H groups in total. The molecule has 2 aromatic rings. The van der Waals surface area contributed by atoms with Gasteiger partial charge in [-0.3, -0.25) is 0 Å². The van der Waals surface area contributed by atoms with E-state index in [4.69, 9.17) is 13.9 Å². The number of hydrogen-bond donors (Lipinski definition) is 2. The zero-order valence-electron chi connectivity index (χ0n) is 14.1. The molecule has 1 aromatic heterocycles. The molecule has 0 radical (unpaired) electrons. The summed E-state index contributed by atoms with van der Waals surface area (Å²) in [5.41, 5.74) is 0.677. The van der Waals surface area contributed by atoms with E-state index < -0.39 is 16.1 Å². The van der Waals surface area contributed by atoms with Gasteiger partial charge in [0.15, 0.2) is 11.5 Å². The second kappa shape index (κ2) is 7.07. The number of hydrogen-bond acceptors (Lipinski definition) is 6. The summed E-state index contributed by atoms with van der Waals surface area (Å²) >= 11 is 0. The van der Waals surface area contributed by atoms with Crippen molar-refractivity contribution in [2.24, 2.45) is 0 Å². The van der Waals surface area contributed by atoms with Crippen molar-refractivity contribution in [2.45, 2.75) is 31.3 Å². The zero-order valence-corrected chi connectivity index (χ0v) is 14.9. The number of aryl methyl sites for hydroxylation is 2. The second-order valence-corrected chi connectivity index (χ2v) is 7.64. The van der Waals surface area contributed by atoms with E-state index in [-0.39, 0.29) is 17.9 Å². The summed E-state index contributed by atoms with van der Waals surface area (Å²) < 4.78 is 43.5. The van der Waals surface area contributed by atoms with E-state index in [9.17, 15) is 13.5 Å². The highest BCUT2D eigenvalue weighted by Gasteiger charge is 2.20. The third kappa shape index (κ3) is 3.97. The largest absolute Gasteiger partial charge is 0.486 e. The number of fused-ring (bicyclic) bond motifs is 1. The quantitative estimate of drug-likeness (QED) is 0.811. The Balaban J connectivity index is 1.63. The number of rotatable bonds is 6. The molecule has 0 bridgehead atoms. The highest BCUT2D eigenvalue weighted by atomic mass is 32.2. The Morgan fingerprint density at radius 3 is 2.56 bits per heavy atom. The SMILES string of the molecule is Cc1cc([C@@H](O)CCNS(=O)(=O)c2ccc3c(c2)OCCO3)c(C)o1. The van der Waals surface area contributed by atoms with Crippen LogP contribution in [0.25, 0.3) is 0 Å². The third-order valence-electron chi connectivity index (χ3n) is 3.97. The molecular formula is C17H21NO6S. The van der Waals surface area contributed by atoms with Gasteiger partial charge in [0.25, 0.3) is 0 Å². The van der Waals surface area contributed by atoms with Crippen LogP contribution in [0, 0.1) is 13.8 Å². The van der Waals surface area contributed by atoms with Gasteiger partial charge in [-0.25, -0.2) is 13.1 Å². The van der Waals surface area contributed by atoms with Crippen molar-refractivity contribution in [1.29, 1.82) is 0 Å². The van der Waals surface area contributed by atoms with Gasteiger partial charge in [-0.2, -0.15) is 0 Å². The summed E-state index contributed by atoms with van der Waals surface area (Å²) in [5, 5.41) is 10.2. The van der Waals surface area contributed by atoms with Crippen LogP contribution in [-0.4, -0.2) is 33.3 Å². The minimum absolute atomic E-state index is 0.0987. The van der Waals surface area contributed by atoms with Crippen LogP contribution in [0.4, 0.5) is 0 Å². The molecule has 1 atom stereocenters. The molecule has 2 heterocycles. The molecule has 136 valence electrons. The van der Waals surface area contributed by atoms with Crippen molar-refractivity contribution in [2.75, 3.05) is 19.8 Å². The van der Waals surface area contributed by atoms with Crippen LogP contribution in [0.1, 0.15) is 29.6 Å². The fourth-order valence-corrected chi connectivity index (χ4v) is 3.80. The minimum Gasteiger partial charge on any atom is -0.486 e. The number of benzene rings is 1. The van der Waals surface area contributed by atoms with E-state index in [0.29, 0.717) is 41.8 Å². The van der Waals surface area contributed by atoms with Gasteiger partial charge in [-0.05, 0) is 38.5 Å². The first-order chi connectivity index (χ1) is 11.9. The molecule has 0 saturated carbocycles. The molecule has 0 amide bonds. The van der Waals surface area contributed by atoms with E-state index in [1.54, 1.807) is 26.0 Å². The van der Waals surface area contributed by atoms with E-state index in [2.05, 4.69) is 4.72 Å². The summed E-state index contributed by atoms with van der Waals surface area (Å²) in [6.07, 6.45) is -0.552. The maximum absolute atomic E-state index is 12.4. The lowest BCUT2D eigenvalue weighted by molar-refractivity contribution is 0.167. The minimum atomic E-state index is -3.70. The van der Waals surface area contributed by atoms with Crippen molar-refractivity contribution in [1.82, 2.24) is 4.72 Å². The lowest BCUT2D eigenvalue weighted by Gasteiger charge is -2.19. The first-order valence-corrected chi connectivity index (χ1v) is 9.49. The van der Waals surface area contributed by atoms with Crippen LogP contribution in [0.15, 0.2) is 33.6 Å². The molecule has 7 nitrogen and oxygen atoms in total. The second-order valence-electron chi connectivity index (χ2n) is 5.88. The first-order valence-electron chi connectivity index (χ1n) is 8.01. The monoisotopic (exact) mass is 367 g/mol. The van der Waals surface area contributed by atoms with Gasteiger partial charge in [0, 0.05) is 18.2 Å². The molecule has 0 spiro atoms. The summed E-state index contributed by atoms with van der Waals surface area (Å²) in [6, 6.07) is 6.25. The predicted octanol–water partition coefficient (Wildman–Crippen LogP) is 2.07. The highest BCUT2D eigenvalue weighted by Crippen LogP contribution is 2.32. The van der Waals surface area contributed by atoms with Gasteiger partial charge in [0.1, 0.15) is 24.7 Å². The maximum Gasteiger partial charge on any atom is 0.240 e. The summed E-state index contributed by atoms with van der Waals surface area (Å²) in [7, 11) is -3.70. The smallest absolute Gasteiger partial charge is 0.240 e. The number of aliphatic hydroxyl groups is 1. The van der Waals surface area contributed by atoms with Crippen LogP contribution in [0.3, 0.4) is 0 Å². The Kier molecular flexibility index (Phi) is 5.03. The Bertz CT molecular complexity index is 858. The highest BCUT2D eigenvalue weighted by molar-refractivity contribution is 7.89. The van der Waals surface area contributed by atoms with E-state index in [1.165, 1.54) is 12.1 Å². The standard InChI is InChI=1S/C17H21NO6S/c1-11-9-14(12(2)24-11)15(19)5-6-18-25(20,21)13-3-4-16-17(10-13)23-8-7-22-16/h3-4,9-10,15,18-19H,5-8H2,1-2H3/t15-/m0/s1. The lowest BCUT2D eigenvalue weighted by Crippen LogP contribution is -2.26. The van der Waals surface area contributed by atoms with Gasteiger partial charge in [0.05, 0.1) is 11.0 Å². The van der Waals surface area contributed by atoms with Gasteiger partial charge < -0.3 is 19.0 Å². The Morgan fingerprint density at radius 1 is 1.16 bits per heavy atom. The van der Waals surface area contributed by atoms with Crippen LogP contribution in [0.2, 0.25) is 0 Å². The normalized spacial score (nSPS) is 15.2. The molecule has 1 aliphatic rings. The third-order valence-corrected chi connectivity index (χ3v) is 5.43. The Labute approximate surface area is 146 Å². The van der Waals surface area contributed by atoms with Gasteiger partial charge in [-0.1, -0.05) is 0 Å². The zero-order chi connectivity index (χ0) is 18.0. The Morgan fingerprint density at radius 2 is 1.88 bits per heavy atom. The summed E-state index contributed by atoms with van der Waals surface area (Å²) in [5.74, 6) is 2.30. The first kappa shape index (κ1) is 17.8. The predicted molar refractivity (Wildman–Crippen MR) is 90.4 cm³/mol. The average Bonchev–Trinajstić information content (AvgIpc) is 2.92. The molecule has 1 aliphatic heterocycles. The number of sulfonamides is 1. The number of aliphatic hydroxyl groups excluding tert-OH is 1. The van der Waals surface area contributed by atoms with Crippen molar-refractivity contribution < 1.29 is 27.4 Å². The lowest BCUT2D eigenvalue weighted by atomic mass is 10.1. The van der Waals surface area contributed by atoms with Crippen LogP contribution < -0.4 is 14.2 Å². The molecule has 0 aliphatic carbocycles. The van der Waals surface area contributed by atoms with Gasteiger partial charge >= 0.3 is 0 Å². The molecule has 0 fully saturated rings. The average molecular weight is 367 g/mol. The van der Waals surface area contributed by atoms with E-state index >= 15 is 0 Å². The summed E-state index contributed by atoms with van der Waals surface area (Å²) in [4.78, 5) is 0.0987. The molecule has 8 heteroatoms. The fraction of sp³-hybridized carbons (Fsp3) is 0.412. The van der Waals surface area contributed by atoms with Gasteiger partial charge in [0.2, 0.25) is 10.0 Å². The van der Waals surface area contributed by atoms with Crippen molar-refractivity contribution >= 4 is 10.0 Å². The number of furan rings is 1. The molecule has 1 aromatic carbocycles. The molecular weight excluding hydrogens is 346 g/mol. The van der Waals surface area contributed by atoms with Crippen molar-refractivity contribution in [3.63, 3.8) is 0 Å². The topological polar surface area (TPSA) is 98.0 Å². The molecule has 25 heavy (non-hydrogen) atoms. The Hall–Kier alpha value is -2.03. The van der Waals surface area contributed by atoms with E-state index in [0.717, 1.165) is 0 Å². The maximum atomic E-state index is 12.4. The van der Waals surface area contributed by atoms with Crippen molar-refractivity contribution in [3.8, 4) is 11.5 Å². The van der Waals surface area contributed by atoms with Crippen molar-refractivity contribution in [3.05, 3.63) is 41.3 Å². The summed E-state index contributed by atoms with van der Waals surface area (Å²) in [6.45, 7) is 4.50. The van der Waals surface area contributed by atoms with E-state index in [1.807, 2.05) is 0 Å². The molecule has 0 saturated heterocycles. The molecule has 0 unspecified atom stereocenters.